The molecule has 0 spiro atoms. The van der Waals surface area contributed by atoms with Gasteiger partial charge in [-0.2, -0.15) is 4.98 Å². The third kappa shape index (κ3) is 5.01. The SMILES string of the molecule is CCOC(=O)C1=C(C)Nc2nc(SCc3ccc(C(=O)O)cc3)nn2[C@@H]1c1ccc([N+](=O)[O-])cc1. The van der Waals surface area contributed by atoms with Crippen LogP contribution in [0.5, 0.6) is 0 Å². The molecule has 0 bridgehead atoms. The van der Waals surface area contributed by atoms with Gasteiger partial charge < -0.3 is 15.2 Å². The van der Waals surface area contributed by atoms with Gasteiger partial charge >= 0.3 is 11.9 Å². The lowest BCUT2D eigenvalue weighted by Crippen LogP contribution is -2.29. The lowest BCUT2D eigenvalue weighted by Gasteiger charge is -2.28. The maximum absolute atomic E-state index is 12.8. The van der Waals surface area contributed by atoms with Crippen molar-refractivity contribution in [2.75, 3.05) is 11.9 Å². The molecule has 1 aliphatic heterocycles. The van der Waals surface area contributed by atoms with E-state index in [1.807, 2.05) is 0 Å². The normalized spacial score (nSPS) is 14.7. The number of carbonyl (C=O) groups excluding carboxylic acids is 1. The fourth-order valence-electron chi connectivity index (χ4n) is 3.64. The summed E-state index contributed by atoms with van der Waals surface area (Å²) in [4.78, 5) is 39.0. The van der Waals surface area contributed by atoms with Crippen molar-refractivity contribution in [2.24, 2.45) is 0 Å². The summed E-state index contributed by atoms with van der Waals surface area (Å²) in [6, 6.07) is 11.8. The third-order valence-corrected chi connectivity index (χ3v) is 6.23. The van der Waals surface area contributed by atoms with Crippen LogP contribution < -0.4 is 5.32 Å². The Hall–Kier alpha value is -4.19. The topological polar surface area (TPSA) is 149 Å². The molecule has 3 aromatic rings. The maximum atomic E-state index is 12.8. The van der Waals surface area contributed by atoms with E-state index < -0.39 is 22.9 Å². The van der Waals surface area contributed by atoms with Crippen molar-refractivity contribution in [3.05, 3.63) is 86.6 Å². The highest BCUT2D eigenvalue weighted by Gasteiger charge is 2.35. The van der Waals surface area contributed by atoms with E-state index >= 15 is 0 Å². The van der Waals surface area contributed by atoms with Gasteiger partial charge in [-0.3, -0.25) is 10.1 Å². The molecule has 0 radical (unpaired) electrons. The molecule has 0 saturated heterocycles. The van der Waals surface area contributed by atoms with Crippen LogP contribution in [0.1, 0.15) is 41.4 Å². The summed E-state index contributed by atoms with van der Waals surface area (Å²) in [5.74, 6) is -0.587. The van der Waals surface area contributed by atoms with Crippen molar-refractivity contribution in [3.8, 4) is 0 Å². The summed E-state index contributed by atoms with van der Waals surface area (Å²) in [6.45, 7) is 3.64. The van der Waals surface area contributed by atoms with Crippen LogP contribution in [0.15, 0.2) is 65.0 Å². The fraction of sp³-hybridized carbons (Fsp3) is 0.217. The summed E-state index contributed by atoms with van der Waals surface area (Å²) in [7, 11) is 0. The number of hydrogen-bond donors (Lipinski definition) is 2. The Labute approximate surface area is 204 Å². The molecule has 180 valence electrons. The average molecular weight is 496 g/mol. The van der Waals surface area contributed by atoms with Crippen LogP contribution in [-0.4, -0.2) is 43.3 Å². The molecule has 0 saturated carbocycles. The second kappa shape index (κ2) is 9.97. The van der Waals surface area contributed by atoms with Crippen molar-refractivity contribution in [1.29, 1.82) is 0 Å². The van der Waals surface area contributed by atoms with E-state index in [1.54, 1.807) is 42.8 Å². The highest BCUT2D eigenvalue weighted by molar-refractivity contribution is 7.98. The number of carboxylic acid groups (broad SMARTS) is 1. The molecule has 0 fully saturated rings. The summed E-state index contributed by atoms with van der Waals surface area (Å²) in [5, 5.41) is 28.3. The first-order chi connectivity index (χ1) is 16.8. The number of fused-ring (bicyclic) bond motifs is 1. The molecule has 2 heterocycles. The molecule has 0 aliphatic carbocycles. The van der Waals surface area contributed by atoms with Crippen LogP contribution in [0.2, 0.25) is 0 Å². The minimum absolute atomic E-state index is 0.0648. The Balaban J connectivity index is 1.65. The number of aromatic nitrogens is 3. The number of rotatable bonds is 8. The van der Waals surface area contributed by atoms with E-state index in [4.69, 9.17) is 9.84 Å². The van der Waals surface area contributed by atoms with Crippen LogP contribution in [0.4, 0.5) is 11.6 Å². The van der Waals surface area contributed by atoms with Gasteiger partial charge in [0, 0.05) is 23.6 Å². The van der Waals surface area contributed by atoms with E-state index in [1.165, 1.54) is 36.0 Å². The highest BCUT2D eigenvalue weighted by atomic mass is 32.2. The quantitative estimate of drug-likeness (QED) is 0.203. The fourth-order valence-corrected chi connectivity index (χ4v) is 4.43. The van der Waals surface area contributed by atoms with Gasteiger partial charge in [0.25, 0.3) is 5.69 Å². The predicted molar refractivity (Wildman–Crippen MR) is 127 cm³/mol. The molecule has 35 heavy (non-hydrogen) atoms. The molecule has 1 aliphatic rings. The smallest absolute Gasteiger partial charge is 0.338 e. The number of non-ortho nitro benzene ring substituents is 1. The standard InChI is InChI=1S/C23H21N5O6S/c1-3-34-21(31)18-13(2)24-22-25-23(35-12-14-4-6-16(7-5-14)20(29)30)26-27(22)19(18)15-8-10-17(11-9-15)28(32)33/h4-11,19H,3,12H2,1-2H3,(H,29,30)(H,24,25,26)/t19-/m1/s1. The number of thioether (sulfide) groups is 1. The first-order valence-corrected chi connectivity index (χ1v) is 11.6. The maximum Gasteiger partial charge on any atom is 0.338 e. The Morgan fingerprint density at radius 3 is 2.49 bits per heavy atom. The Morgan fingerprint density at radius 1 is 1.20 bits per heavy atom. The van der Waals surface area contributed by atoms with E-state index in [0.29, 0.717) is 33.7 Å². The van der Waals surface area contributed by atoms with Crippen molar-refractivity contribution in [1.82, 2.24) is 14.8 Å². The van der Waals surface area contributed by atoms with Crippen molar-refractivity contribution >= 4 is 35.3 Å². The average Bonchev–Trinajstić information content (AvgIpc) is 3.24. The zero-order chi connectivity index (χ0) is 25.1. The number of carboxylic acids is 1. The van der Waals surface area contributed by atoms with E-state index in [0.717, 1.165) is 5.56 Å². The lowest BCUT2D eigenvalue weighted by atomic mass is 9.95. The number of allylic oxidation sites excluding steroid dienone is 1. The molecule has 1 atom stereocenters. The summed E-state index contributed by atoms with van der Waals surface area (Å²) < 4.78 is 6.83. The molecule has 4 rings (SSSR count). The van der Waals surface area contributed by atoms with Crippen molar-refractivity contribution < 1.29 is 24.4 Å². The van der Waals surface area contributed by atoms with Gasteiger partial charge in [-0.05, 0) is 49.2 Å². The van der Waals surface area contributed by atoms with Gasteiger partial charge in [-0.1, -0.05) is 23.9 Å². The number of hydrogen-bond acceptors (Lipinski definition) is 9. The molecule has 1 aromatic heterocycles. The first-order valence-electron chi connectivity index (χ1n) is 10.6. The molecular formula is C23H21N5O6S. The number of nitrogens with one attached hydrogen (secondary N) is 1. The zero-order valence-corrected chi connectivity index (χ0v) is 19.6. The predicted octanol–water partition coefficient (Wildman–Crippen LogP) is 4.03. The molecule has 12 heteroatoms. The number of nitro benzene ring substituents is 1. The number of esters is 1. The lowest BCUT2D eigenvalue weighted by molar-refractivity contribution is -0.384. The Morgan fingerprint density at radius 2 is 1.89 bits per heavy atom. The van der Waals surface area contributed by atoms with E-state index in [9.17, 15) is 19.7 Å². The van der Waals surface area contributed by atoms with Gasteiger partial charge in [0.2, 0.25) is 11.1 Å². The van der Waals surface area contributed by atoms with Crippen LogP contribution in [0, 0.1) is 10.1 Å². The van der Waals surface area contributed by atoms with Gasteiger partial charge in [0.1, 0.15) is 6.04 Å². The zero-order valence-electron chi connectivity index (χ0n) is 18.8. The van der Waals surface area contributed by atoms with E-state index in [-0.39, 0.29) is 17.9 Å². The molecule has 0 amide bonds. The molecule has 0 unspecified atom stereocenters. The second-order valence-electron chi connectivity index (χ2n) is 7.59. The number of aromatic carboxylic acids is 1. The molecule has 11 nitrogen and oxygen atoms in total. The summed E-state index contributed by atoms with van der Waals surface area (Å²) >= 11 is 1.35. The monoisotopic (exact) mass is 495 g/mol. The number of nitro groups is 1. The highest BCUT2D eigenvalue weighted by Crippen LogP contribution is 2.37. The third-order valence-electron chi connectivity index (χ3n) is 5.32. The van der Waals surface area contributed by atoms with Crippen molar-refractivity contribution in [2.45, 2.75) is 30.8 Å². The number of ether oxygens (including phenoxy) is 1. The number of nitrogens with zero attached hydrogens (tertiary/aromatic N) is 4. The van der Waals surface area contributed by atoms with Gasteiger partial charge in [-0.25, -0.2) is 14.3 Å². The van der Waals surface area contributed by atoms with Crippen LogP contribution in [-0.2, 0) is 15.3 Å². The number of anilines is 1. The van der Waals surface area contributed by atoms with E-state index in [2.05, 4.69) is 15.4 Å². The largest absolute Gasteiger partial charge is 0.478 e. The first kappa shape index (κ1) is 24.0. The van der Waals surface area contributed by atoms with Crippen LogP contribution in [0.3, 0.4) is 0 Å². The summed E-state index contributed by atoms with van der Waals surface area (Å²) in [6.07, 6.45) is 0. The Kier molecular flexibility index (Phi) is 6.82. The summed E-state index contributed by atoms with van der Waals surface area (Å²) in [5.41, 5.74) is 2.54. The van der Waals surface area contributed by atoms with Crippen molar-refractivity contribution in [3.63, 3.8) is 0 Å². The van der Waals surface area contributed by atoms with Crippen LogP contribution >= 0.6 is 11.8 Å². The number of carbonyl (C=O) groups is 2. The van der Waals surface area contributed by atoms with Gasteiger partial charge in [0.05, 0.1) is 22.7 Å². The minimum Gasteiger partial charge on any atom is -0.478 e. The van der Waals surface area contributed by atoms with Gasteiger partial charge in [0.15, 0.2) is 0 Å². The molecular weight excluding hydrogens is 474 g/mol. The van der Waals surface area contributed by atoms with Crippen LogP contribution in [0.25, 0.3) is 0 Å². The second-order valence-corrected chi connectivity index (χ2v) is 8.53. The molecule has 2 N–H and O–H groups in total. The van der Waals surface area contributed by atoms with Gasteiger partial charge in [-0.15, -0.1) is 5.10 Å². The minimum atomic E-state index is -0.990. The molecule has 2 aromatic carbocycles. The number of benzene rings is 2. The Bertz CT molecular complexity index is 1320.